The van der Waals surface area contributed by atoms with Crippen LogP contribution in [0.15, 0.2) is 48.5 Å². The van der Waals surface area contributed by atoms with Crippen LogP contribution in [0.5, 0.6) is 5.75 Å². The van der Waals surface area contributed by atoms with Gasteiger partial charge in [-0.2, -0.15) is 0 Å². The van der Waals surface area contributed by atoms with E-state index in [1.165, 1.54) is 14.2 Å². The third kappa shape index (κ3) is 5.34. The van der Waals surface area contributed by atoms with Crippen molar-refractivity contribution in [2.45, 2.75) is 6.42 Å². The summed E-state index contributed by atoms with van der Waals surface area (Å²) >= 11 is 0. The maximum atomic E-state index is 11.9. The molecule has 2 aromatic rings. The minimum atomic E-state index is -0.528. The van der Waals surface area contributed by atoms with Crippen molar-refractivity contribution in [1.29, 1.82) is 0 Å². The third-order valence-corrected chi connectivity index (χ3v) is 3.55. The molecule has 7 heteroatoms. The van der Waals surface area contributed by atoms with E-state index in [4.69, 9.17) is 9.47 Å². The number of carbonyl (C=O) groups excluding carboxylic acids is 3. The Morgan fingerprint density at radius 3 is 2.35 bits per heavy atom. The Morgan fingerprint density at radius 2 is 1.69 bits per heavy atom. The first-order chi connectivity index (χ1) is 12.5. The summed E-state index contributed by atoms with van der Waals surface area (Å²) in [6, 6.07) is 13.5. The molecule has 0 saturated heterocycles. The van der Waals surface area contributed by atoms with Gasteiger partial charge < -0.3 is 20.1 Å². The molecular weight excluding hydrogens is 336 g/mol. The number of methoxy groups -OCH3 is 1. The molecule has 2 rings (SSSR count). The molecule has 0 aliphatic heterocycles. The average Bonchev–Trinajstić information content (AvgIpc) is 2.67. The minimum absolute atomic E-state index is 0.0120. The van der Waals surface area contributed by atoms with Crippen molar-refractivity contribution in [1.82, 2.24) is 5.32 Å². The highest BCUT2D eigenvalue weighted by Gasteiger charge is 2.12. The Morgan fingerprint density at radius 1 is 1.00 bits per heavy atom. The number of carbonyl (C=O) groups is 3. The third-order valence-electron chi connectivity index (χ3n) is 3.55. The van der Waals surface area contributed by atoms with Crippen LogP contribution in [0.4, 0.5) is 5.69 Å². The van der Waals surface area contributed by atoms with Crippen LogP contribution in [0, 0.1) is 0 Å². The number of para-hydroxylation sites is 1. The maximum absolute atomic E-state index is 11.9. The van der Waals surface area contributed by atoms with Gasteiger partial charge in [0.2, 0.25) is 0 Å². The van der Waals surface area contributed by atoms with Crippen LogP contribution in [0.25, 0.3) is 0 Å². The smallest absolute Gasteiger partial charge is 0.310 e. The van der Waals surface area contributed by atoms with Gasteiger partial charge in [0.25, 0.3) is 11.8 Å². The highest BCUT2D eigenvalue weighted by molar-refractivity contribution is 5.96. The molecule has 0 saturated carbocycles. The Bertz CT molecular complexity index is 787. The summed E-state index contributed by atoms with van der Waals surface area (Å²) in [5.41, 5.74) is 1.67. The van der Waals surface area contributed by atoms with Crippen LogP contribution in [-0.2, 0) is 20.7 Å². The quantitative estimate of drug-likeness (QED) is 0.738. The second kappa shape index (κ2) is 9.22. The molecule has 0 fully saturated rings. The number of esters is 1. The standard InChI is InChI=1S/C19H20N2O5/c1-20-19(24)13-7-9-15(10-8-13)21-17(22)12-26-18(23)11-14-5-3-4-6-16(14)25-2/h3-10H,11-12H2,1-2H3,(H,20,24)(H,21,22). The first-order valence-corrected chi connectivity index (χ1v) is 7.93. The van der Waals surface area contributed by atoms with Gasteiger partial charge in [-0.3, -0.25) is 14.4 Å². The maximum Gasteiger partial charge on any atom is 0.310 e. The van der Waals surface area contributed by atoms with Crippen LogP contribution in [0.2, 0.25) is 0 Å². The van der Waals surface area contributed by atoms with Gasteiger partial charge in [0, 0.05) is 23.9 Å². The molecule has 0 unspecified atom stereocenters. The van der Waals surface area contributed by atoms with Crippen molar-refractivity contribution in [2.75, 3.05) is 26.1 Å². The van der Waals surface area contributed by atoms with Crippen molar-refractivity contribution in [2.24, 2.45) is 0 Å². The number of hydrogen-bond acceptors (Lipinski definition) is 5. The molecule has 136 valence electrons. The number of amides is 2. The lowest BCUT2D eigenvalue weighted by Gasteiger charge is -2.09. The largest absolute Gasteiger partial charge is 0.496 e. The average molecular weight is 356 g/mol. The highest BCUT2D eigenvalue weighted by Crippen LogP contribution is 2.18. The molecule has 2 aromatic carbocycles. The highest BCUT2D eigenvalue weighted by atomic mass is 16.5. The van der Waals surface area contributed by atoms with E-state index in [1.54, 1.807) is 48.5 Å². The fourth-order valence-corrected chi connectivity index (χ4v) is 2.25. The summed E-state index contributed by atoms with van der Waals surface area (Å²) < 4.78 is 10.2. The fraction of sp³-hybridized carbons (Fsp3) is 0.211. The molecule has 0 aliphatic carbocycles. The number of anilines is 1. The lowest BCUT2D eigenvalue weighted by Crippen LogP contribution is -2.22. The lowest BCUT2D eigenvalue weighted by atomic mass is 10.1. The molecule has 0 heterocycles. The summed E-state index contributed by atoms with van der Waals surface area (Å²) in [7, 11) is 3.06. The predicted octanol–water partition coefficient (Wildman–Crippen LogP) is 1.78. The number of rotatable bonds is 7. The van der Waals surface area contributed by atoms with Crippen LogP contribution in [-0.4, -0.2) is 38.5 Å². The molecule has 7 nitrogen and oxygen atoms in total. The number of hydrogen-bond donors (Lipinski definition) is 2. The zero-order valence-electron chi connectivity index (χ0n) is 14.6. The van der Waals surface area contributed by atoms with Gasteiger partial charge in [-0.25, -0.2) is 0 Å². The second-order valence-electron chi connectivity index (χ2n) is 5.35. The normalized spacial score (nSPS) is 9.92. The SMILES string of the molecule is CNC(=O)c1ccc(NC(=O)COC(=O)Cc2ccccc2OC)cc1. The molecule has 2 N–H and O–H groups in total. The van der Waals surface area contributed by atoms with Crippen molar-refractivity contribution >= 4 is 23.5 Å². The molecule has 26 heavy (non-hydrogen) atoms. The monoisotopic (exact) mass is 356 g/mol. The van der Waals surface area contributed by atoms with Gasteiger partial charge in [-0.1, -0.05) is 18.2 Å². The first kappa shape index (κ1) is 19.0. The predicted molar refractivity (Wildman–Crippen MR) is 96.1 cm³/mol. The Labute approximate surface area is 151 Å². The number of nitrogens with one attached hydrogen (secondary N) is 2. The minimum Gasteiger partial charge on any atom is -0.496 e. The number of benzene rings is 2. The molecule has 0 bridgehead atoms. The zero-order valence-corrected chi connectivity index (χ0v) is 14.6. The van der Waals surface area contributed by atoms with E-state index in [1.807, 2.05) is 0 Å². The van der Waals surface area contributed by atoms with Gasteiger partial charge in [-0.15, -0.1) is 0 Å². The number of ether oxygens (including phenoxy) is 2. The van der Waals surface area contributed by atoms with E-state index in [-0.39, 0.29) is 12.3 Å². The summed E-state index contributed by atoms with van der Waals surface area (Å²) in [5.74, 6) is -0.621. The van der Waals surface area contributed by atoms with Gasteiger partial charge in [-0.05, 0) is 30.3 Å². The molecule has 2 amide bonds. The molecular formula is C19H20N2O5. The Kier molecular flexibility index (Phi) is 6.73. The second-order valence-corrected chi connectivity index (χ2v) is 5.35. The van der Waals surface area contributed by atoms with Gasteiger partial charge in [0.05, 0.1) is 13.5 Å². The van der Waals surface area contributed by atoms with E-state index in [0.717, 1.165) is 0 Å². The van der Waals surface area contributed by atoms with Crippen molar-refractivity contribution in [3.63, 3.8) is 0 Å². The topological polar surface area (TPSA) is 93.7 Å². The molecule has 0 aromatic heterocycles. The molecule has 0 aliphatic rings. The van der Waals surface area contributed by atoms with Crippen molar-refractivity contribution < 1.29 is 23.9 Å². The van der Waals surface area contributed by atoms with Crippen LogP contribution < -0.4 is 15.4 Å². The van der Waals surface area contributed by atoms with E-state index < -0.39 is 18.5 Å². The Hall–Kier alpha value is -3.35. The van der Waals surface area contributed by atoms with E-state index in [9.17, 15) is 14.4 Å². The first-order valence-electron chi connectivity index (χ1n) is 7.93. The fourth-order valence-electron chi connectivity index (χ4n) is 2.25. The molecule has 0 radical (unpaired) electrons. The zero-order chi connectivity index (χ0) is 18.9. The van der Waals surface area contributed by atoms with Crippen molar-refractivity contribution in [3.05, 3.63) is 59.7 Å². The van der Waals surface area contributed by atoms with Crippen LogP contribution in [0.3, 0.4) is 0 Å². The summed E-state index contributed by atoms with van der Waals surface area (Å²) in [6.45, 7) is -0.398. The lowest BCUT2D eigenvalue weighted by molar-refractivity contribution is -0.146. The van der Waals surface area contributed by atoms with E-state index in [2.05, 4.69) is 10.6 Å². The van der Waals surface area contributed by atoms with Gasteiger partial charge in [0.15, 0.2) is 6.61 Å². The van der Waals surface area contributed by atoms with Gasteiger partial charge in [0.1, 0.15) is 5.75 Å². The van der Waals surface area contributed by atoms with Crippen molar-refractivity contribution in [3.8, 4) is 5.75 Å². The summed E-state index contributed by atoms with van der Waals surface area (Å²) in [4.78, 5) is 35.2. The van der Waals surface area contributed by atoms with Crippen LogP contribution in [0.1, 0.15) is 15.9 Å². The van der Waals surface area contributed by atoms with Gasteiger partial charge >= 0.3 is 5.97 Å². The summed E-state index contributed by atoms with van der Waals surface area (Å²) in [5, 5.41) is 5.10. The van der Waals surface area contributed by atoms with E-state index in [0.29, 0.717) is 22.6 Å². The van der Waals surface area contributed by atoms with Crippen LogP contribution >= 0.6 is 0 Å². The Balaban J connectivity index is 1.82. The molecule has 0 spiro atoms. The summed E-state index contributed by atoms with van der Waals surface area (Å²) in [6.07, 6.45) is 0.0120. The molecule has 0 atom stereocenters. The van der Waals surface area contributed by atoms with E-state index >= 15 is 0 Å².